The summed E-state index contributed by atoms with van der Waals surface area (Å²) in [6, 6.07) is 8.18. The Hall–Kier alpha value is -1.55. The number of nitrogens with one attached hydrogen (secondary N) is 2. The van der Waals surface area contributed by atoms with E-state index in [0.717, 1.165) is 18.8 Å². The average molecular weight is 292 g/mol. The summed E-state index contributed by atoms with van der Waals surface area (Å²) in [6.45, 7) is 10.5. The van der Waals surface area contributed by atoms with Crippen molar-refractivity contribution in [2.45, 2.75) is 46.7 Å². The molecule has 1 aromatic rings. The van der Waals surface area contributed by atoms with Crippen molar-refractivity contribution < 1.29 is 9.53 Å². The maximum atomic E-state index is 11.5. The summed E-state index contributed by atoms with van der Waals surface area (Å²) >= 11 is 0. The van der Waals surface area contributed by atoms with Crippen LogP contribution in [0, 0.1) is 5.92 Å². The van der Waals surface area contributed by atoms with Crippen LogP contribution in [-0.2, 0) is 11.3 Å². The summed E-state index contributed by atoms with van der Waals surface area (Å²) in [7, 11) is 0. The molecule has 1 rings (SSSR count). The number of carbonyl (C=O) groups excluding carboxylic acids is 1. The van der Waals surface area contributed by atoms with Crippen molar-refractivity contribution in [3.05, 3.63) is 29.8 Å². The van der Waals surface area contributed by atoms with E-state index < -0.39 is 0 Å². The quantitative estimate of drug-likeness (QED) is 0.736. The summed E-state index contributed by atoms with van der Waals surface area (Å²) in [4.78, 5) is 11.5. The van der Waals surface area contributed by atoms with Crippen molar-refractivity contribution in [1.82, 2.24) is 10.6 Å². The fraction of sp³-hybridized carbons (Fsp3) is 0.588. The first-order chi connectivity index (χ1) is 9.97. The second-order valence-corrected chi connectivity index (χ2v) is 5.99. The van der Waals surface area contributed by atoms with Gasteiger partial charge < -0.3 is 15.4 Å². The molecule has 0 atom stereocenters. The van der Waals surface area contributed by atoms with Crippen LogP contribution in [0.25, 0.3) is 0 Å². The molecule has 0 radical (unpaired) electrons. The predicted octanol–water partition coefficient (Wildman–Crippen LogP) is 2.73. The molecule has 21 heavy (non-hydrogen) atoms. The maximum Gasteiger partial charge on any atom is 0.223 e. The Bertz CT molecular complexity index is 431. The minimum atomic E-state index is 0.0276. The van der Waals surface area contributed by atoms with Crippen molar-refractivity contribution in [2.75, 3.05) is 13.2 Å². The molecule has 0 aliphatic heterocycles. The van der Waals surface area contributed by atoms with Crippen LogP contribution >= 0.6 is 0 Å². The fourth-order valence-corrected chi connectivity index (χ4v) is 1.91. The van der Waals surface area contributed by atoms with Gasteiger partial charge in [0, 0.05) is 12.6 Å². The summed E-state index contributed by atoms with van der Waals surface area (Å²) in [5.74, 6) is 1.49. The van der Waals surface area contributed by atoms with E-state index in [1.807, 2.05) is 32.0 Å². The van der Waals surface area contributed by atoms with Crippen molar-refractivity contribution in [1.29, 1.82) is 0 Å². The molecule has 0 aliphatic rings. The molecule has 0 aliphatic carbocycles. The zero-order valence-electron chi connectivity index (χ0n) is 13.6. The Morgan fingerprint density at radius 3 is 2.67 bits per heavy atom. The van der Waals surface area contributed by atoms with Gasteiger partial charge in [-0.2, -0.15) is 0 Å². The van der Waals surface area contributed by atoms with Gasteiger partial charge in [-0.25, -0.2) is 0 Å². The van der Waals surface area contributed by atoms with Gasteiger partial charge in [0.25, 0.3) is 0 Å². The number of hydrogen-bond acceptors (Lipinski definition) is 3. The van der Waals surface area contributed by atoms with E-state index in [4.69, 9.17) is 4.74 Å². The summed E-state index contributed by atoms with van der Waals surface area (Å²) in [5.41, 5.74) is 1.19. The maximum absolute atomic E-state index is 11.5. The minimum absolute atomic E-state index is 0.0276. The highest BCUT2D eigenvalue weighted by Gasteiger charge is 2.04. The van der Waals surface area contributed by atoms with E-state index in [2.05, 4.69) is 30.5 Å². The molecular formula is C17H28N2O2. The molecule has 0 fully saturated rings. The van der Waals surface area contributed by atoms with Crippen molar-refractivity contribution in [3.8, 4) is 5.75 Å². The lowest BCUT2D eigenvalue weighted by atomic mass is 10.2. The van der Waals surface area contributed by atoms with E-state index in [9.17, 15) is 4.79 Å². The zero-order chi connectivity index (χ0) is 15.7. The first-order valence-corrected chi connectivity index (χ1v) is 7.69. The van der Waals surface area contributed by atoms with Gasteiger partial charge in [-0.1, -0.05) is 26.0 Å². The molecule has 4 nitrogen and oxygen atoms in total. The molecule has 0 spiro atoms. The fourth-order valence-electron chi connectivity index (χ4n) is 1.91. The Kier molecular flexibility index (Phi) is 7.83. The molecule has 0 bridgehead atoms. The molecule has 4 heteroatoms. The molecular weight excluding hydrogens is 264 g/mol. The lowest BCUT2D eigenvalue weighted by molar-refractivity contribution is -0.122. The van der Waals surface area contributed by atoms with E-state index in [-0.39, 0.29) is 11.9 Å². The highest BCUT2D eigenvalue weighted by atomic mass is 16.5. The molecule has 118 valence electrons. The molecule has 0 aromatic heterocycles. The lowest BCUT2D eigenvalue weighted by Crippen LogP contribution is -2.31. The third-order valence-corrected chi connectivity index (χ3v) is 2.83. The predicted molar refractivity (Wildman–Crippen MR) is 86.4 cm³/mol. The monoisotopic (exact) mass is 292 g/mol. The number of rotatable bonds is 9. The molecule has 0 heterocycles. The van der Waals surface area contributed by atoms with Crippen LogP contribution in [0.15, 0.2) is 24.3 Å². The minimum Gasteiger partial charge on any atom is -0.493 e. The van der Waals surface area contributed by atoms with Gasteiger partial charge in [0.1, 0.15) is 5.75 Å². The Morgan fingerprint density at radius 1 is 1.24 bits per heavy atom. The van der Waals surface area contributed by atoms with E-state index >= 15 is 0 Å². The van der Waals surface area contributed by atoms with E-state index in [1.54, 1.807) is 0 Å². The lowest BCUT2D eigenvalue weighted by Gasteiger charge is -2.11. The van der Waals surface area contributed by atoms with Gasteiger partial charge in [-0.05, 0) is 44.0 Å². The highest BCUT2D eigenvalue weighted by Crippen LogP contribution is 2.13. The average Bonchev–Trinajstić information content (AvgIpc) is 2.38. The Labute approximate surface area is 128 Å². The van der Waals surface area contributed by atoms with Crippen LogP contribution in [0.5, 0.6) is 5.75 Å². The Morgan fingerprint density at radius 2 is 2.00 bits per heavy atom. The van der Waals surface area contributed by atoms with E-state index in [0.29, 0.717) is 18.9 Å². The van der Waals surface area contributed by atoms with Crippen LogP contribution in [0.3, 0.4) is 0 Å². The smallest absolute Gasteiger partial charge is 0.223 e. The summed E-state index contributed by atoms with van der Waals surface area (Å²) in [6.07, 6.45) is 0.383. The van der Waals surface area contributed by atoms with Gasteiger partial charge in [0.05, 0.1) is 13.0 Å². The molecule has 1 amide bonds. The second kappa shape index (κ2) is 9.40. The summed E-state index contributed by atoms with van der Waals surface area (Å²) < 4.78 is 5.64. The molecule has 0 saturated heterocycles. The number of amides is 1. The largest absolute Gasteiger partial charge is 0.493 e. The topological polar surface area (TPSA) is 50.4 Å². The van der Waals surface area contributed by atoms with Gasteiger partial charge in [-0.15, -0.1) is 0 Å². The van der Waals surface area contributed by atoms with Crippen LogP contribution < -0.4 is 15.4 Å². The van der Waals surface area contributed by atoms with Crippen LogP contribution in [-0.4, -0.2) is 25.1 Å². The SMILES string of the molecule is CC(C)CNCc1cccc(OCCC(=O)NC(C)C)c1. The number of carbonyl (C=O) groups is 1. The van der Waals surface area contributed by atoms with Crippen molar-refractivity contribution >= 4 is 5.91 Å². The number of benzene rings is 1. The number of hydrogen-bond donors (Lipinski definition) is 2. The van der Waals surface area contributed by atoms with Gasteiger partial charge in [-0.3, -0.25) is 4.79 Å². The molecule has 1 aromatic carbocycles. The van der Waals surface area contributed by atoms with Crippen molar-refractivity contribution in [3.63, 3.8) is 0 Å². The first-order valence-electron chi connectivity index (χ1n) is 7.69. The van der Waals surface area contributed by atoms with E-state index in [1.165, 1.54) is 5.56 Å². The van der Waals surface area contributed by atoms with Gasteiger partial charge in [0.2, 0.25) is 5.91 Å². The van der Waals surface area contributed by atoms with Crippen molar-refractivity contribution in [2.24, 2.45) is 5.92 Å². The standard InChI is InChI=1S/C17H28N2O2/c1-13(2)11-18-12-15-6-5-7-16(10-15)21-9-8-17(20)19-14(3)4/h5-7,10,13-14,18H,8-9,11-12H2,1-4H3,(H,19,20). The van der Waals surface area contributed by atoms with Crippen LogP contribution in [0.2, 0.25) is 0 Å². The van der Waals surface area contributed by atoms with Gasteiger partial charge >= 0.3 is 0 Å². The molecule has 0 unspecified atom stereocenters. The zero-order valence-corrected chi connectivity index (χ0v) is 13.6. The van der Waals surface area contributed by atoms with Gasteiger partial charge in [0.15, 0.2) is 0 Å². The third kappa shape index (κ3) is 8.35. The normalized spacial score (nSPS) is 11.0. The molecule has 0 saturated carbocycles. The van der Waals surface area contributed by atoms with Crippen LogP contribution in [0.1, 0.15) is 39.7 Å². The highest BCUT2D eigenvalue weighted by molar-refractivity contribution is 5.76. The number of ether oxygens (including phenoxy) is 1. The second-order valence-electron chi connectivity index (χ2n) is 5.99. The third-order valence-electron chi connectivity index (χ3n) is 2.83. The van der Waals surface area contributed by atoms with Crippen LogP contribution in [0.4, 0.5) is 0 Å². The first kappa shape index (κ1) is 17.5. The summed E-state index contributed by atoms with van der Waals surface area (Å²) in [5, 5.41) is 6.25. The molecule has 2 N–H and O–H groups in total. The Balaban J connectivity index is 2.33.